The molecule has 158 valence electrons. The fourth-order valence-electron chi connectivity index (χ4n) is 3.63. The van der Waals surface area contributed by atoms with Gasteiger partial charge in [-0.15, -0.1) is 0 Å². The molecule has 7 heteroatoms. The Hall–Kier alpha value is -2.87. The molecule has 0 saturated carbocycles. The summed E-state index contributed by atoms with van der Waals surface area (Å²) in [5.41, 5.74) is 3.72. The molecule has 2 aliphatic rings. The quantitative estimate of drug-likeness (QED) is 0.343. The number of thiocarbonyl (C=S) groups is 1. The molecule has 0 N–H and O–H groups in total. The Bertz CT molecular complexity index is 1240. The number of para-hydroxylation sites is 2. The molecule has 0 radical (unpaired) electrons. The van der Waals surface area contributed by atoms with Crippen molar-refractivity contribution < 1.29 is 9.59 Å². The summed E-state index contributed by atoms with van der Waals surface area (Å²) in [7, 11) is 0. The highest BCUT2D eigenvalue weighted by atomic mass is 32.2. The predicted octanol–water partition coefficient (Wildman–Crippen LogP) is 6.03. The Morgan fingerprint density at radius 2 is 1.50 bits per heavy atom. The molecule has 0 atom stereocenters. The normalized spacial score (nSPS) is 16.3. The first-order chi connectivity index (χ1) is 15.5. The number of aryl methyl sites for hydroxylation is 1. The molecule has 32 heavy (non-hydrogen) atoms. The number of amides is 2. The summed E-state index contributed by atoms with van der Waals surface area (Å²) in [6.07, 6.45) is 1.82. The average Bonchev–Trinajstić information content (AvgIpc) is 3.06. The van der Waals surface area contributed by atoms with Gasteiger partial charge < -0.3 is 0 Å². The van der Waals surface area contributed by atoms with Crippen molar-refractivity contribution in [1.82, 2.24) is 4.90 Å². The molecule has 5 rings (SSSR count). The topological polar surface area (TPSA) is 40.6 Å². The van der Waals surface area contributed by atoms with Crippen LogP contribution in [0.5, 0.6) is 0 Å². The molecular formula is C25H18N2O2S3. The van der Waals surface area contributed by atoms with Gasteiger partial charge in [-0.1, -0.05) is 89.8 Å². The molecule has 1 fully saturated rings. The Morgan fingerprint density at radius 3 is 2.12 bits per heavy atom. The zero-order valence-corrected chi connectivity index (χ0v) is 19.6. The van der Waals surface area contributed by atoms with Gasteiger partial charge in [-0.2, -0.15) is 0 Å². The van der Waals surface area contributed by atoms with Crippen molar-refractivity contribution in [2.24, 2.45) is 0 Å². The molecule has 3 aromatic rings. The lowest BCUT2D eigenvalue weighted by Gasteiger charge is -2.32. The zero-order valence-electron chi connectivity index (χ0n) is 17.1. The number of fused-ring (bicyclic) bond motifs is 2. The van der Waals surface area contributed by atoms with E-state index in [1.54, 1.807) is 16.7 Å². The molecule has 2 heterocycles. The van der Waals surface area contributed by atoms with Gasteiger partial charge in [-0.25, -0.2) is 0 Å². The fraction of sp³-hybridized carbons (Fsp3) is 0.0800. The van der Waals surface area contributed by atoms with Crippen LogP contribution in [0.1, 0.15) is 11.1 Å². The van der Waals surface area contributed by atoms with Gasteiger partial charge in [0.15, 0.2) is 0 Å². The largest absolute Gasteiger partial charge is 0.283 e. The van der Waals surface area contributed by atoms with Crippen LogP contribution in [0.3, 0.4) is 0 Å². The van der Waals surface area contributed by atoms with E-state index in [-0.39, 0.29) is 18.4 Å². The number of hydrogen-bond acceptors (Lipinski definition) is 5. The second kappa shape index (κ2) is 8.58. The van der Waals surface area contributed by atoms with Crippen molar-refractivity contribution in [2.45, 2.75) is 16.7 Å². The molecule has 0 bridgehead atoms. The molecule has 4 nitrogen and oxygen atoms in total. The predicted molar refractivity (Wildman–Crippen MR) is 135 cm³/mol. The van der Waals surface area contributed by atoms with E-state index >= 15 is 0 Å². The third-order valence-electron chi connectivity index (χ3n) is 5.22. The minimum absolute atomic E-state index is 0.108. The second-order valence-corrected chi connectivity index (χ2v) is 10.2. The van der Waals surface area contributed by atoms with Gasteiger partial charge >= 0.3 is 0 Å². The summed E-state index contributed by atoms with van der Waals surface area (Å²) < 4.78 is 0.398. The van der Waals surface area contributed by atoms with Gasteiger partial charge in [0.25, 0.3) is 11.8 Å². The first-order valence-electron chi connectivity index (χ1n) is 10.0. The Morgan fingerprint density at radius 1 is 0.906 bits per heavy atom. The van der Waals surface area contributed by atoms with Gasteiger partial charge in [-0.05, 0) is 42.8 Å². The van der Waals surface area contributed by atoms with Gasteiger partial charge in [0.2, 0.25) is 0 Å². The Labute approximate surface area is 200 Å². The number of anilines is 2. The molecule has 0 unspecified atom stereocenters. The van der Waals surface area contributed by atoms with Crippen LogP contribution in [0.25, 0.3) is 6.08 Å². The minimum atomic E-state index is -0.234. The highest BCUT2D eigenvalue weighted by Crippen LogP contribution is 2.48. The lowest BCUT2D eigenvalue weighted by molar-refractivity contribution is -0.127. The highest BCUT2D eigenvalue weighted by molar-refractivity contribution is 8.26. The zero-order chi connectivity index (χ0) is 22.2. The number of carbonyl (C=O) groups excluding carboxylic acids is 2. The lowest BCUT2D eigenvalue weighted by atomic mass is 10.1. The van der Waals surface area contributed by atoms with E-state index in [1.165, 1.54) is 16.7 Å². The summed E-state index contributed by atoms with van der Waals surface area (Å²) in [5, 5.41) is 0. The van der Waals surface area contributed by atoms with E-state index in [0.29, 0.717) is 9.23 Å². The molecular weight excluding hydrogens is 456 g/mol. The third kappa shape index (κ3) is 3.88. The smallest absolute Gasteiger partial charge is 0.266 e. The number of nitrogens with zero attached hydrogens (tertiary/aromatic N) is 2. The molecule has 1 saturated heterocycles. The molecule has 2 aliphatic heterocycles. The number of benzene rings is 3. The standard InChI is InChI=1S/C25H18N2O2S3/c1-16-10-12-17(13-11-16)14-22-24(29)26(25(30)32-22)15-23(28)27-18-6-2-4-8-20(18)31-21-9-5-3-7-19(21)27/h2-14H,15H2,1H3/b22-14+. The summed E-state index contributed by atoms with van der Waals surface area (Å²) in [6.45, 7) is 1.91. The Balaban J connectivity index is 1.43. The maximum atomic E-state index is 13.5. The van der Waals surface area contributed by atoms with Crippen LogP contribution in [-0.4, -0.2) is 27.6 Å². The Kier molecular flexibility index (Phi) is 5.63. The van der Waals surface area contributed by atoms with Crippen LogP contribution in [-0.2, 0) is 9.59 Å². The summed E-state index contributed by atoms with van der Waals surface area (Å²) >= 11 is 8.33. The van der Waals surface area contributed by atoms with Gasteiger partial charge in [0, 0.05) is 9.79 Å². The number of carbonyl (C=O) groups is 2. The van der Waals surface area contributed by atoms with E-state index in [9.17, 15) is 9.59 Å². The molecule has 2 amide bonds. The van der Waals surface area contributed by atoms with Crippen molar-refractivity contribution in [3.8, 4) is 0 Å². The monoisotopic (exact) mass is 474 g/mol. The van der Waals surface area contributed by atoms with Crippen molar-refractivity contribution >= 4 is 69.3 Å². The van der Waals surface area contributed by atoms with Crippen molar-refractivity contribution in [2.75, 3.05) is 11.4 Å². The van der Waals surface area contributed by atoms with E-state index in [2.05, 4.69) is 0 Å². The maximum Gasteiger partial charge on any atom is 0.266 e. The van der Waals surface area contributed by atoms with Crippen LogP contribution in [0.4, 0.5) is 11.4 Å². The molecule has 0 aliphatic carbocycles. The molecule has 3 aromatic carbocycles. The van der Waals surface area contributed by atoms with Gasteiger partial charge in [0.05, 0.1) is 16.3 Å². The number of rotatable bonds is 3. The van der Waals surface area contributed by atoms with E-state index in [4.69, 9.17) is 12.2 Å². The first kappa shape index (κ1) is 21.0. The number of thioether (sulfide) groups is 1. The van der Waals surface area contributed by atoms with Gasteiger partial charge in [-0.3, -0.25) is 19.4 Å². The summed E-state index contributed by atoms with van der Waals surface area (Å²) in [5.74, 6) is -0.431. The van der Waals surface area contributed by atoms with Crippen LogP contribution in [0.2, 0.25) is 0 Å². The van der Waals surface area contributed by atoms with Crippen LogP contribution >= 0.6 is 35.7 Å². The highest BCUT2D eigenvalue weighted by Gasteiger charge is 2.36. The first-order valence-corrected chi connectivity index (χ1v) is 12.1. The van der Waals surface area contributed by atoms with Crippen molar-refractivity contribution in [1.29, 1.82) is 0 Å². The van der Waals surface area contributed by atoms with Crippen LogP contribution in [0.15, 0.2) is 87.5 Å². The number of hydrogen-bond donors (Lipinski definition) is 0. The second-order valence-electron chi connectivity index (χ2n) is 7.45. The van der Waals surface area contributed by atoms with Crippen molar-refractivity contribution in [3.63, 3.8) is 0 Å². The molecule has 0 aromatic heterocycles. The summed E-state index contributed by atoms with van der Waals surface area (Å²) in [6, 6.07) is 23.5. The molecule has 0 spiro atoms. The van der Waals surface area contributed by atoms with E-state index in [1.807, 2.05) is 85.8 Å². The van der Waals surface area contributed by atoms with Crippen LogP contribution in [0, 0.1) is 6.92 Å². The summed E-state index contributed by atoms with van der Waals surface area (Å²) in [4.78, 5) is 32.2. The average molecular weight is 475 g/mol. The van der Waals surface area contributed by atoms with E-state index in [0.717, 1.165) is 32.3 Å². The van der Waals surface area contributed by atoms with E-state index < -0.39 is 0 Å². The van der Waals surface area contributed by atoms with Crippen molar-refractivity contribution in [3.05, 3.63) is 88.8 Å². The lowest BCUT2D eigenvalue weighted by Crippen LogP contribution is -2.41. The van der Waals surface area contributed by atoms with Gasteiger partial charge in [0.1, 0.15) is 10.9 Å². The maximum absolute atomic E-state index is 13.5. The minimum Gasteiger partial charge on any atom is -0.283 e. The third-order valence-corrected chi connectivity index (χ3v) is 7.73. The SMILES string of the molecule is Cc1ccc(/C=C2/SC(=S)N(CC(=O)N3c4ccccc4Sc4ccccc43)C2=O)cc1. The fourth-order valence-corrected chi connectivity index (χ4v) is 5.94. The van der Waals surface area contributed by atoms with Crippen LogP contribution < -0.4 is 4.90 Å².